The molecule has 0 bridgehead atoms. The number of methoxy groups -OCH3 is 1. The van der Waals surface area contributed by atoms with Crippen LogP contribution in [0.5, 0.6) is 0 Å². The predicted octanol–water partition coefficient (Wildman–Crippen LogP) is 2.00. The number of rotatable bonds is 6. The Morgan fingerprint density at radius 2 is 2.05 bits per heavy atom. The first-order valence-corrected chi connectivity index (χ1v) is 6.48. The molecule has 1 fully saturated rings. The van der Waals surface area contributed by atoms with Crippen molar-refractivity contribution in [1.29, 1.82) is 0 Å². The van der Waals surface area contributed by atoms with Crippen LogP contribution in [0.3, 0.4) is 0 Å². The highest BCUT2D eigenvalue weighted by Gasteiger charge is 2.28. The molecule has 0 unspecified atom stereocenters. The highest BCUT2D eigenvalue weighted by Crippen LogP contribution is 2.35. The van der Waals surface area contributed by atoms with Crippen molar-refractivity contribution in [2.45, 2.75) is 31.2 Å². The first-order valence-electron chi connectivity index (χ1n) is 6.48. The van der Waals surface area contributed by atoms with Crippen LogP contribution in [-0.2, 0) is 4.74 Å². The second kappa shape index (κ2) is 9.34. The first kappa shape index (κ1) is 19.4. The molecule has 1 heterocycles. The molecule has 1 aliphatic rings. The topological polar surface area (TPSA) is 64.3 Å². The molecule has 2 rings (SSSR count). The number of aromatic nitrogens is 2. The second-order valence-electron chi connectivity index (χ2n) is 5.00. The molecule has 0 amide bonds. The Morgan fingerprint density at radius 1 is 1.35 bits per heavy atom. The van der Waals surface area contributed by atoms with Crippen molar-refractivity contribution in [3.63, 3.8) is 0 Å². The minimum atomic E-state index is 0. The molecule has 0 radical (unpaired) electrons. The largest absolute Gasteiger partial charge is 0.385 e. The lowest BCUT2D eigenvalue weighted by molar-refractivity contribution is 0.196. The molecule has 0 atom stereocenters. The zero-order valence-electron chi connectivity index (χ0n) is 12.0. The van der Waals surface area contributed by atoms with Crippen LogP contribution >= 0.6 is 24.8 Å². The van der Waals surface area contributed by atoms with Gasteiger partial charge in [-0.1, -0.05) is 0 Å². The van der Waals surface area contributed by atoms with Gasteiger partial charge in [0.05, 0.1) is 0 Å². The summed E-state index contributed by atoms with van der Waals surface area (Å²) in [6.07, 6.45) is 4.75. The van der Waals surface area contributed by atoms with Crippen molar-refractivity contribution < 1.29 is 4.74 Å². The lowest BCUT2D eigenvalue weighted by atomic mass is 9.78. The van der Waals surface area contributed by atoms with Gasteiger partial charge in [-0.3, -0.25) is 0 Å². The number of nitrogens with zero attached hydrogens (tertiary/aromatic N) is 3. The van der Waals surface area contributed by atoms with Crippen molar-refractivity contribution in [2.75, 3.05) is 32.2 Å². The summed E-state index contributed by atoms with van der Waals surface area (Å²) in [6.45, 7) is 1.72. The quantitative estimate of drug-likeness (QED) is 0.811. The Bertz CT molecular complexity index is 388. The van der Waals surface area contributed by atoms with Gasteiger partial charge in [0.15, 0.2) is 0 Å². The van der Waals surface area contributed by atoms with Crippen LogP contribution in [0.15, 0.2) is 12.4 Å². The molecule has 0 aliphatic heterocycles. The lowest BCUT2D eigenvalue weighted by Gasteiger charge is -2.32. The third-order valence-electron chi connectivity index (χ3n) is 3.50. The van der Waals surface area contributed by atoms with Gasteiger partial charge in [-0.05, 0) is 19.3 Å². The van der Waals surface area contributed by atoms with E-state index in [1.165, 1.54) is 0 Å². The highest BCUT2D eigenvalue weighted by molar-refractivity contribution is 5.85. The normalized spacial score (nSPS) is 20.4. The Balaban J connectivity index is 0.00000180. The number of nitrogens with two attached hydrogens (primary N) is 1. The van der Waals surface area contributed by atoms with E-state index in [4.69, 9.17) is 10.5 Å². The van der Waals surface area contributed by atoms with Crippen molar-refractivity contribution in [1.82, 2.24) is 9.97 Å². The van der Waals surface area contributed by atoms with Gasteiger partial charge in [0.2, 0.25) is 0 Å². The summed E-state index contributed by atoms with van der Waals surface area (Å²) < 4.78 is 5.06. The fraction of sp³-hybridized carbons (Fsp3) is 0.692. The standard InChI is InChI=1S/C13H22N4O.2ClH/c1-17(4-3-5-18-2)13-8-12(15-9-16-13)10-6-11(14)7-10;;/h8-11H,3-7,14H2,1-2H3;2*1H. The summed E-state index contributed by atoms with van der Waals surface area (Å²) in [4.78, 5) is 10.8. The van der Waals surface area contributed by atoms with E-state index in [9.17, 15) is 0 Å². The Kier molecular flexibility index (Phi) is 9.05. The summed E-state index contributed by atoms with van der Waals surface area (Å²) in [5.74, 6) is 1.51. The summed E-state index contributed by atoms with van der Waals surface area (Å²) in [7, 11) is 3.77. The van der Waals surface area contributed by atoms with Gasteiger partial charge in [0.25, 0.3) is 0 Å². The molecular formula is C13H24Cl2N4O. The molecule has 1 saturated carbocycles. The summed E-state index contributed by atoms with van der Waals surface area (Å²) in [5.41, 5.74) is 6.94. The Labute approximate surface area is 133 Å². The van der Waals surface area contributed by atoms with Gasteiger partial charge in [0.1, 0.15) is 12.1 Å². The minimum Gasteiger partial charge on any atom is -0.385 e. The smallest absolute Gasteiger partial charge is 0.131 e. The summed E-state index contributed by atoms with van der Waals surface area (Å²) >= 11 is 0. The van der Waals surface area contributed by atoms with Crippen molar-refractivity contribution in [3.05, 3.63) is 18.1 Å². The van der Waals surface area contributed by atoms with Crippen molar-refractivity contribution >= 4 is 30.6 Å². The molecule has 1 aromatic rings. The van der Waals surface area contributed by atoms with Gasteiger partial charge < -0.3 is 15.4 Å². The van der Waals surface area contributed by atoms with Crippen LogP contribution in [0.25, 0.3) is 0 Å². The predicted molar refractivity (Wildman–Crippen MR) is 86.2 cm³/mol. The molecule has 20 heavy (non-hydrogen) atoms. The van der Waals surface area contributed by atoms with E-state index in [1.54, 1.807) is 13.4 Å². The van der Waals surface area contributed by atoms with Gasteiger partial charge in [-0.2, -0.15) is 0 Å². The maximum Gasteiger partial charge on any atom is 0.131 e. The molecule has 5 nitrogen and oxygen atoms in total. The third kappa shape index (κ3) is 5.05. The number of anilines is 1. The molecule has 0 aromatic carbocycles. The van der Waals surface area contributed by atoms with Crippen LogP contribution in [0.4, 0.5) is 5.82 Å². The van der Waals surface area contributed by atoms with E-state index < -0.39 is 0 Å². The first-order chi connectivity index (χ1) is 8.70. The number of halogens is 2. The van der Waals surface area contributed by atoms with Gasteiger partial charge in [-0.15, -0.1) is 24.8 Å². The van der Waals surface area contributed by atoms with Crippen LogP contribution < -0.4 is 10.6 Å². The summed E-state index contributed by atoms with van der Waals surface area (Å²) in [5, 5.41) is 0. The van der Waals surface area contributed by atoms with E-state index in [0.717, 1.165) is 43.9 Å². The minimum absolute atomic E-state index is 0. The molecule has 1 aromatic heterocycles. The van der Waals surface area contributed by atoms with Crippen LogP contribution in [0.2, 0.25) is 0 Å². The maximum absolute atomic E-state index is 5.82. The van der Waals surface area contributed by atoms with E-state index in [2.05, 4.69) is 20.9 Å². The third-order valence-corrected chi connectivity index (χ3v) is 3.50. The fourth-order valence-corrected chi connectivity index (χ4v) is 2.26. The maximum atomic E-state index is 5.82. The molecule has 1 aliphatic carbocycles. The van der Waals surface area contributed by atoms with Crippen LogP contribution in [0.1, 0.15) is 30.9 Å². The number of hydrogen-bond donors (Lipinski definition) is 1. The molecule has 2 N–H and O–H groups in total. The molecule has 0 saturated heterocycles. The van der Waals surface area contributed by atoms with Crippen molar-refractivity contribution in [3.8, 4) is 0 Å². The monoisotopic (exact) mass is 322 g/mol. The van der Waals surface area contributed by atoms with Gasteiger partial charge in [-0.25, -0.2) is 9.97 Å². The van der Waals surface area contributed by atoms with Crippen LogP contribution in [-0.4, -0.2) is 43.3 Å². The lowest BCUT2D eigenvalue weighted by Crippen LogP contribution is -2.35. The fourth-order valence-electron chi connectivity index (χ4n) is 2.26. The van der Waals surface area contributed by atoms with E-state index in [-0.39, 0.29) is 24.8 Å². The average molecular weight is 323 g/mol. The summed E-state index contributed by atoms with van der Waals surface area (Å²) in [6, 6.07) is 2.44. The Morgan fingerprint density at radius 3 is 2.65 bits per heavy atom. The van der Waals surface area contributed by atoms with Gasteiger partial charge >= 0.3 is 0 Å². The van der Waals surface area contributed by atoms with Crippen LogP contribution in [0, 0.1) is 0 Å². The SMILES string of the molecule is COCCCN(C)c1cc(C2CC(N)C2)ncn1.Cl.Cl. The zero-order chi connectivity index (χ0) is 13.0. The van der Waals surface area contributed by atoms with E-state index in [1.807, 2.05) is 7.05 Å². The van der Waals surface area contributed by atoms with Gasteiger partial charge in [0, 0.05) is 51.0 Å². The molecule has 7 heteroatoms. The van der Waals surface area contributed by atoms with E-state index >= 15 is 0 Å². The number of hydrogen-bond acceptors (Lipinski definition) is 5. The number of ether oxygens (including phenoxy) is 1. The highest BCUT2D eigenvalue weighted by atomic mass is 35.5. The zero-order valence-corrected chi connectivity index (χ0v) is 13.6. The molecular weight excluding hydrogens is 299 g/mol. The molecule has 0 spiro atoms. The average Bonchev–Trinajstić information content (AvgIpc) is 2.35. The molecule has 116 valence electrons. The second-order valence-corrected chi connectivity index (χ2v) is 5.00. The Hall–Kier alpha value is -0.620. The van der Waals surface area contributed by atoms with E-state index in [0.29, 0.717) is 12.0 Å². The van der Waals surface area contributed by atoms with Crippen molar-refractivity contribution in [2.24, 2.45) is 5.73 Å².